The molecular formula is C11H23N3O. The molecule has 1 aliphatic rings. The maximum atomic E-state index is 12.2. The number of nitrogens with one attached hydrogen (secondary N) is 1. The van der Waals surface area contributed by atoms with Crippen LogP contribution in [0.3, 0.4) is 0 Å². The van der Waals surface area contributed by atoms with Crippen molar-refractivity contribution in [3.05, 3.63) is 0 Å². The van der Waals surface area contributed by atoms with Gasteiger partial charge in [-0.3, -0.25) is 4.79 Å². The highest BCUT2D eigenvalue weighted by Gasteiger charge is 2.33. The zero-order valence-corrected chi connectivity index (χ0v) is 10.2. The van der Waals surface area contributed by atoms with Crippen LogP contribution in [0.2, 0.25) is 0 Å². The van der Waals surface area contributed by atoms with Gasteiger partial charge in [-0.1, -0.05) is 0 Å². The Morgan fingerprint density at radius 3 is 2.27 bits per heavy atom. The Bertz CT molecular complexity index is 230. The van der Waals surface area contributed by atoms with Crippen molar-refractivity contribution in [3.8, 4) is 0 Å². The average Bonchev–Trinajstić information content (AvgIpc) is 2.15. The number of amides is 1. The van der Waals surface area contributed by atoms with Crippen LogP contribution in [0, 0.1) is 5.41 Å². The summed E-state index contributed by atoms with van der Waals surface area (Å²) < 4.78 is 0. The first-order valence-corrected chi connectivity index (χ1v) is 5.62. The molecule has 0 radical (unpaired) electrons. The first-order chi connectivity index (χ1) is 6.86. The molecule has 0 aliphatic carbocycles. The molecule has 0 aromatic carbocycles. The van der Waals surface area contributed by atoms with Crippen molar-refractivity contribution >= 4 is 5.91 Å². The van der Waals surface area contributed by atoms with Crippen molar-refractivity contribution in [1.82, 2.24) is 10.2 Å². The molecule has 1 heterocycles. The zero-order valence-electron chi connectivity index (χ0n) is 10.2. The topological polar surface area (TPSA) is 58.4 Å². The lowest BCUT2D eigenvalue weighted by Crippen LogP contribution is -2.58. The molecule has 1 fully saturated rings. The van der Waals surface area contributed by atoms with Gasteiger partial charge >= 0.3 is 0 Å². The Kier molecular flexibility index (Phi) is 3.73. The summed E-state index contributed by atoms with van der Waals surface area (Å²) in [7, 11) is 0. The SMILES string of the molecule is CC1CN(C(=O)C(C)(C)CN)CC(C)N1. The van der Waals surface area contributed by atoms with Gasteiger partial charge in [-0.15, -0.1) is 0 Å². The zero-order chi connectivity index (χ0) is 11.6. The van der Waals surface area contributed by atoms with E-state index in [2.05, 4.69) is 19.2 Å². The molecule has 0 aromatic heterocycles. The van der Waals surface area contributed by atoms with Gasteiger partial charge in [0, 0.05) is 31.7 Å². The normalized spacial score (nSPS) is 27.9. The molecule has 4 heteroatoms. The van der Waals surface area contributed by atoms with Gasteiger partial charge in [-0.2, -0.15) is 0 Å². The summed E-state index contributed by atoms with van der Waals surface area (Å²) in [5.74, 6) is 0.171. The molecular weight excluding hydrogens is 190 g/mol. The van der Waals surface area contributed by atoms with Crippen molar-refractivity contribution in [1.29, 1.82) is 0 Å². The quantitative estimate of drug-likeness (QED) is 0.688. The van der Waals surface area contributed by atoms with E-state index >= 15 is 0 Å². The van der Waals surface area contributed by atoms with Gasteiger partial charge in [0.2, 0.25) is 5.91 Å². The molecule has 0 saturated carbocycles. The van der Waals surface area contributed by atoms with Crippen LogP contribution < -0.4 is 11.1 Å². The molecule has 1 rings (SSSR count). The standard InChI is InChI=1S/C11H23N3O/c1-8-5-14(6-9(2)13-8)10(15)11(3,4)7-12/h8-9,13H,5-7,12H2,1-4H3. The van der Waals surface area contributed by atoms with Gasteiger partial charge in [-0.05, 0) is 27.7 Å². The van der Waals surface area contributed by atoms with Crippen molar-refractivity contribution in [2.45, 2.75) is 39.8 Å². The second kappa shape index (κ2) is 4.49. The van der Waals surface area contributed by atoms with Crippen LogP contribution in [-0.4, -0.2) is 42.5 Å². The Balaban J connectivity index is 2.67. The number of nitrogens with zero attached hydrogens (tertiary/aromatic N) is 1. The van der Waals surface area contributed by atoms with Gasteiger partial charge in [0.05, 0.1) is 5.41 Å². The number of nitrogens with two attached hydrogens (primary N) is 1. The summed E-state index contributed by atoms with van der Waals surface area (Å²) in [6.07, 6.45) is 0. The van der Waals surface area contributed by atoms with E-state index in [1.54, 1.807) is 0 Å². The summed E-state index contributed by atoms with van der Waals surface area (Å²) in [5, 5.41) is 3.41. The third-order valence-electron chi connectivity index (χ3n) is 2.93. The van der Waals surface area contributed by atoms with Crippen LogP contribution in [-0.2, 0) is 4.79 Å². The maximum absolute atomic E-state index is 12.2. The first kappa shape index (κ1) is 12.5. The van der Waals surface area contributed by atoms with Crippen LogP contribution >= 0.6 is 0 Å². The Morgan fingerprint density at radius 2 is 1.87 bits per heavy atom. The Hall–Kier alpha value is -0.610. The predicted octanol–water partition coefficient (Wildman–Crippen LogP) is 0.180. The lowest BCUT2D eigenvalue weighted by molar-refractivity contribution is -0.141. The van der Waals surface area contributed by atoms with Crippen molar-refractivity contribution < 1.29 is 4.79 Å². The number of carbonyl (C=O) groups is 1. The summed E-state index contributed by atoms with van der Waals surface area (Å²) >= 11 is 0. The fourth-order valence-corrected chi connectivity index (χ4v) is 2.01. The molecule has 15 heavy (non-hydrogen) atoms. The van der Waals surface area contributed by atoms with E-state index in [-0.39, 0.29) is 5.91 Å². The Morgan fingerprint density at radius 1 is 1.40 bits per heavy atom. The van der Waals surface area contributed by atoms with E-state index < -0.39 is 5.41 Å². The van der Waals surface area contributed by atoms with E-state index in [0.717, 1.165) is 13.1 Å². The number of hydrogen-bond donors (Lipinski definition) is 2. The molecule has 1 amide bonds. The van der Waals surface area contributed by atoms with Gasteiger partial charge in [-0.25, -0.2) is 0 Å². The first-order valence-electron chi connectivity index (χ1n) is 5.62. The largest absolute Gasteiger partial charge is 0.339 e. The molecule has 0 aromatic rings. The highest BCUT2D eigenvalue weighted by molar-refractivity contribution is 5.82. The number of carbonyl (C=O) groups excluding carboxylic acids is 1. The smallest absolute Gasteiger partial charge is 0.229 e. The lowest BCUT2D eigenvalue weighted by atomic mass is 9.91. The second-order valence-corrected chi connectivity index (χ2v) is 5.27. The maximum Gasteiger partial charge on any atom is 0.229 e. The van der Waals surface area contributed by atoms with E-state index in [4.69, 9.17) is 5.73 Å². The summed E-state index contributed by atoms with van der Waals surface area (Å²) in [6.45, 7) is 9.99. The Labute approximate surface area is 92.2 Å². The molecule has 88 valence electrons. The van der Waals surface area contributed by atoms with Crippen molar-refractivity contribution in [2.24, 2.45) is 11.1 Å². The highest BCUT2D eigenvalue weighted by Crippen LogP contribution is 2.19. The fourth-order valence-electron chi connectivity index (χ4n) is 2.01. The van der Waals surface area contributed by atoms with Crippen LogP contribution in [0.25, 0.3) is 0 Å². The van der Waals surface area contributed by atoms with Gasteiger partial charge in [0.1, 0.15) is 0 Å². The highest BCUT2D eigenvalue weighted by atomic mass is 16.2. The minimum absolute atomic E-state index is 0.171. The predicted molar refractivity (Wildman–Crippen MR) is 61.5 cm³/mol. The fraction of sp³-hybridized carbons (Fsp3) is 0.909. The monoisotopic (exact) mass is 213 g/mol. The molecule has 3 N–H and O–H groups in total. The van der Waals surface area contributed by atoms with Gasteiger partial charge < -0.3 is 16.0 Å². The number of hydrogen-bond acceptors (Lipinski definition) is 3. The van der Waals surface area contributed by atoms with Crippen LogP contribution in [0.15, 0.2) is 0 Å². The average molecular weight is 213 g/mol. The molecule has 0 spiro atoms. The van der Waals surface area contributed by atoms with Crippen molar-refractivity contribution in [3.63, 3.8) is 0 Å². The van der Waals surface area contributed by atoms with E-state index in [9.17, 15) is 4.79 Å². The molecule has 0 bridgehead atoms. The molecule has 2 unspecified atom stereocenters. The van der Waals surface area contributed by atoms with Crippen molar-refractivity contribution in [2.75, 3.05) is 19.6 Å². The number of piperazine rings is 1. The lowest BCUT2D eigenvalue weighted by Gasteiger charge is -2.39. The summed E-state index contributed by atoms with van der Waals surface area (Å²) in [6, 6.07) is 0.734. The van der Waals surface area contributed by atoms with Gasteiger partial charge in [0.15, 0.2) is 0 Å². The summed E-state index contributed by atoms with van der Waals surface area (Å²) in [4.78, 5) is 14.1. The molecule has 1 saturated heterocycles. The third kappa shape index (κ3) is 2.92. The molecule has 2 atom stereocenters. The van der Waals surface area contributed by atoms with E-state index in [0.29, 0.717) is 18.6 Å². The van der Waals surface area contributed by atoms with E-state index in [1.165, 1.54) is 0 Å². The van der Waals surface area contributed by atoms with Crippen LogP contribution in [0.5, 0.6) is 0 Å². The van der Waals surface area contributed by atoms with E-state index in [1.807, 2.05) is 18.7 Å². The molecule has 4 nitrogen and oxygen atoms in total. The van der Waals surface area contributed by atoms with Crippen LogP contribution in [0.1, 0.15) is 27.7 Å². The summed E-state index contributed by atoms with van der Waals surface area (Å²) in [5.41, 5.74) is 5.19. The minimum atomic E-state index is -0.434. The second-order valence-electron chi connectivity index (χ2n) is 5.27. The molecule has 1 aliphatic heterocycles. The van der Waals surface area contributed by atoms with Gasteiger partial charge in [0.25, 0.3) is 0 Å². The minimum Gasteiger partial charge on any atom is -0.339 e. The van der Waals surface area contributed by atoms with Crippen LogP contribution in [0.4, 0.5) is 0 Å². The third-order valence-corrected chi connectivity index (χ3v) is 2.93. The number of rotatable bonds is 2.